The molecule has 288 valence electrons. The van der Waals surface area contributed by atoms with Gasteiger partial charge in [0.2, 0.25) is 11.8 Å². The van der Waals surface area contributed by atoms with E-state index in [0.29, 0.717) is 56.6 Å². The third-order valence-corrected chi connectivity index (χ3v) is 11.6. The van der Waals surface area contributed by atoms with E-state index in [2.05, 4.69) is 43.0 Å². The molecule has 0 aliphatic carbocycles. The average molecular weight is 804 g/mol. The number of rotatable bonds is 8. The van der Waals surface area contributed by atoms with Gasteiger partial charge >= 0.3 is 0 Å². The summed E-state index contributed by atoms with van der Waals surface area (Å²) in [4.78, 5) is 72.2. The van der Waals surface area contributed by atoms with Gasteiger partial charge in [0.05, 0.1) is 34.1 Å². The van der Waals surface area contributed by atoms with E-state index in [-0.39, 0.29) is 58.0 Å². The molecule has 1 unspecified atom stereocenters. The lowest BCUT2D eigenvalue weighted by Gasteiger charge is -2.31. The summed E-state index contributed by atoms with van der Waals surface area (Å²) in [6.07, 6.45) is 3.30. The molecule has 3 aromatic carbocycles. The van der Waals surface area contributed by atoms with Crippen molar-refractivity contribution in [1.29, 1.82) is 0 Å². The number of imide groups is 1. The lowest BCUT2D eigenvalue weighted by Crippen LogP contribution is -2.52. The molecule has 4 N–H and O–H groups in total. The second-order valence-corrected chi connectivity index (χ2v) is 15.4. The van der Waals surface area contributed by atoms with Crippen molar-refractivity contribution in [2.75, 3.05) is 30.3 Å². The van der Waals surface area contributed by atoms with E-state index in [0.717, 1.165) is 21.2 Å². The summed E-state index contributed by atoms with van der Waals surface area (Å²) in [5.74, 6) is 4.36. The van der Waals surface area contributed by atoms with Crippen LogP contribution in [-0.4, -0.2) is 76.0 Å². The van der Waals surface area contributed by atoms with Crippen LogP contribution >= 0.6 is 22.9 Å². The van der Waals surface area contributed by atoms with E-state index in [1.165, 1.54) is 46.7 Å². The maximum Gasteiger partial charge on any atom is 0.257 e. The number of aromatic nitrogens is 1. The third-order valence-electron chi connectivity index (χ3n) is 10.3. The number of hydrogen-bond acceptors (Lipinski definition) is 9. The van der Waals surface area contributed by atoms with Crippen LogP contribution in [0.5, 0.6) is 0 Å². The molecule has 5 heterocycles. The largest absolute Gasteiger partial charge is 0.349 e. The Morgan fingerprint density at radius 1 is 0.982 bits per heavy atom. The van der Waals surface area contributed by atoms with Crippen LogP contribution < -0.4 is 21.3 Å². The molecule has 0 spiro atoms. The Bertz CT molecular complexity index is 2520. The first kappa shape index (κ1) is 37.8. The number of carbonyl (C=O) groups is 5. The molecule has 0 saturated carbocycles. The Labute approximate surface area is 335 Å². The van der Waals surface area contributed by atoms with Gasteiger partial charge in [0.1, 0.15) is 11.9 Å². The van der Waals surface area contributed by atoms with E-state index in [1.54, 1.807) is 17.5 Å². The highest BCUT2D eigenvalue weighted by Gasteiger charge is 2.39. The zero-order chi connectivity index (χ0) is 39.6. The lowest BCUT2D eigenvalue weighted by molar-refractivity contribution is -0.136. The minimum Gasteiger partial charge on any atom is -0.349 e. The van der Waals surface area contributed by atoms with Crippen LogP contribution in [0, 0.1) is 17.7 Å². The van der Waals surface area contributed by atoms with Gasteiger partial charge < -0.3 is 20.9 Å². The van der Waals surface area contributed by atoms with Crippen LogP contribution in [0.4, 0.5) is 21.6 Å². The highest BCUT2D eigenvalue weighted by Crippen LogP contribution is 2.32. The molecule has 5 amide bonds. The molecule has 8 rings (SSSR count). The van der Waals surface area contributed by atoms with Crippen LogP contribution in [0.25, 0.3) is 10.1 Å². The van der Waals surface area contributed by atoms with Gasteiger partial charge in [-0.05, 0) is 73.4 Å². The summed E-state index contributed by atoms with van der Waals surface area (Å²) < 4.78 is 15.0. The molecule has 3 aliphatic heterocycles. The van der Waals surface area contributed by atoms with Crippen molar-refractivity contribution in [3.8, 4) is 11.8 Å². The van der Waals surface area contributed by atoms with E-state index >= 15 is 0 Å². The second-order valence-electron chi connectivity index (χ2n) is 14.1. The quantitative estimate of drug-likeness (QED) is 0.109. The molecule has 0 radical (unpaired) electrons. The SMILES string of the molecule is O=C1CCC(N2Cc3cc(C#CCN4CCC(NC(=O)c5cnc(Nc6cc(F)ccc6Cl)c(NC(=O)c6csc7ccccc67)c5)CC4)ccc3C2=O)C(=O)N1. The van der Waals surface area contributed by atoms with E-state index in [9.17, 15) is 28.4 Å². The minimum absolute atomic E-state index is 0.0950. The highest BCUT2D eigenvalue weighted by atomic mass is 35.5. The van der Waals surface area contributed by atoms with Crippen molar-refractivity contribution in [3.63, 3.8) is 0 Å². The Balaban J connectivity index is 0.886. The highest BCUT2D eigenvalue weighted by molar-refractivity contribution is 7.17. The van der Waals surface area contributed by atoms with Crippen LogP contribution in [0.1, 0.15) is 67.9 Å². The van der Waals surface area contributed by atoms with Gasteiger partial charge in [0.25, 0.3) is 17.7 Å². The lowest BCUT2D eigenvalue weighted by atomic mass is 10.0. The van der Waals surface area contributed by atoms with Crippen LogP contribution in [0.15, 0.2) is 78.3 Å². The Morgan fingerprint density at radius 2 is 1.81 bits per heavy atom. The molecule has 2 fully saturated rings. The normalized spacial score (nSPS) is 17.1. The van der Waals surface area contributed by atoms with Crippen LogP contribution in [0.2, 0.25) is 5.02 Å². The average Bonchev–Trinajstić information content (AvgIpc) is 3.78. The number of pyridine rings is 1. The molecule has 57 heavy (non-hydrogen) atoms. The molecule has 12 nitrogen and oxygen atoms in total. The minimum atomic E-state index is -0.666. The topological polar surface area (TPSA) is 153 Å². The fourth-order valence-corrected chi connectivity index (χ4v) is 8.36. The number of nitrogens with one attached hydrogen (secondary N) is 4. The van der Waals surface area contributed by atoms with Crippen molar-refractivity contribution in [3.05, 3.63) is 117 Å². The molecule has 1 atom stereocenters. The summed E-state index contributed by atoms with van der Waals surface area (Å²) in [7, 11) is 0. The summed E-state index contributed by atoms with van der Waals surface area (Å²) >= 11 is 7.76. The molecule has 2 aromatic heterocycles. The Kier molecular flexibility index (Phi) is 10.7. The summed E-state index contributed by atoms with van der Waals surface area (Å²) in [5, 5.41) is 14.1. The third kappa shape index (κ3) is 8.22. The smallest absolute Gasteiger partial charge is 0.257 e. The summed E-state index contributed by atoms with van der Waals surface area (Å²) in [5.41, 5.74) is 3.28. The van der Waals surface area contributed by atoms with Gasteiger partial charge in [-0.3, -0.25) is 34.2 Å². The first-order chi connectivity index (χ1) is 27.6. The van der Waals surface area contributed by atoms with Gasteiger partial charge in [-0.2, -0.15) is 0 Å². The first-order valence-corrected chi connectivity index (χ1v) is 19.6. The number of fused-ring (bicyclic) bond motifs is 2. The number of thiophene rings is 1. The maximum absolute atomic E-state index is 14.1. The predicted octanol–water partition coefficient (Wildman–Crippen LogP) is 6.09. The molecular formula is C42H35ClFN7O5S. The predicted molar refractivity (Wildman–Crippen MR) is 215 cm³/mol. The summed E-state index contributed by atoms with van der Waals surface area (Å²) in [6, 6.07) is 17.6. The number of hydrogen-bond donors (Lipinski definition) is 4. The molecule has 15 heteroatoms. The van der Waals surface area contributed by atoms with E-state index < -0.39 is 23.7 Å². The number of piperidine rings is 2. The van der Waals surface area contributed by atoms with Gasteiger partial charge in [0, 0.05) is 64.9 Å². The fraction of sp³-hybridized carbons (Fsp3) is 0.238. The number of nitrogens with zero attached hydrogens (tertiary/aromatic N) is 3. The standard InChI is InChI=1S/C42H35ClFN7O5S/c43-32-10-8-27(44)20-33(32)47-38-34(48-40(54)31-23-57-36-6-2-1-5-30(31)36)19-25(21-45-38)39(53)46-28-13-16-50(17-14-28)15-3-4-24-7-9-29-26(18-24)22-51(42(29)56)35-11-12-37(52)49-41(35)55/h1-2,5-10,18-21,23,28,35H,11-17,22H2,(H,45,47)(H,46,53)(H,48,54)(H,49,52,55). The number of benzene rings is 3. The van der Waals surface area contributed by atoms with Gasteiger partial charge in [-0.15, -0.1) is 11.3 Å². The monoisotopic (exact) mass is 803 g/mol. The van der Waals surface area contributed by atoms with Crippen molar-refractivity contribution in [2.24, 2.45) is 0 Å². The number of likely N-dealkylation sites (tertiary alicyclic amines) is 1. The number of anilines is 3. The van der Waals surface area contributed by atoms with Crippen molar-refractivity contribution in [2.45, 2.75) is 44.3 Å². The van der Waals surface area contributed by atoms with E-state index in [1.807, 2.05) is 30.3 Å². The van der Waals surface area contributed by atoms with Crippen molar-refractivity contribution in [1.82, 2.24) is 25.4 Å². The fourth-order valence-electron chi connectivity index (χ4n) is 7.26. The molecular weight excluding hydrogens is 769 g/mol. The number of carbonyl (C=O) groups excluding carboxylic acids is 5. The summed E-state index contributed by atoms with van der Waals surface area (Å²) in [6.45, 7) is 2.24. The molecule has 5 aromatic rings. The number of amides is 5. The van der Waals surface area contributed by atoms with E-state index in [4.69, 9.17) is 11.6 Å². The Hall–Kier alpha value is -6.14. The number of halogens is 2. The van der Waals surface area contributed by atoms with Crippen LogP contribution in [-0.2, 0) is 16.1 Å². The first-order valence-electron chi connectivity index (χ1n) is 18.4. The van der Waals surface area contributed by atoms with Crippen molar-refractivity contribution >= 4 is 79.8 Å². The van der Waals surface area contributed by atoms with Gasteiger partial charge in [-0.1, -0.05) is 41.6 Å². The second kappa shape index (κ2) is 16.1. The maximum atomic E-state index is 14.1. The zero-order valence-electron chi connectivity index (χ0n) is 30.4. The zero-order valence-corrected chi connectivity index (χ0v) is 31.9. The van der Waals surface area contributed by atoms with Gasteiger partial charge in [-0.25, -0.2) is 9.37 Å². The Morgan fingerprint density at radius 3 is 2.63 bits per heavy atom. The van der Waals surface area contributed by atoms with Gasteiger partial charge in [0.15, 0.2) is 5.82 Å². The van der Waals surface area contributed by atoms with Crippen molar-refractivity contribution < 1.29 is 28.4 Å². The molecule has 2 saturated heterocycles. The van der Waals surface area contributed by atoms with Crippen LogP contribution in [0.3, 0.4) is 0 Å². The molecule has 3 aliphatic rings. The molecule has 0 bridgehead atoms.